The first-order valence-electron chi connectivity index (χ1n) is 12.5. The van der Waals surface area contributed by atoms with Gasteiger partial charge in [-0.05, 0) is 19.3 Å². The third-order valence-corrected chi connectivity index (χ3v) is 7.16. The first kappa shape index (κ1) is 32.2. The van der Waals surface area contributed by atoms with E-state index in [0.717, 1.165) is 0 Å². The molecule has 2 aliphatic heterocycles. The van der Waals surface area contributed by atoms with Crippen LogP contribution in [0.25, 0.3) is 0 Å². The Bertz CT molecular complexity index is 712. The molecule has 218 valence electrons. The molecule has 0 aromatic heterocycles. The molecule has 2 fully saturated rings. The van der Waals surface area contributed by atoms with E-state index >= 15 is 0 Å². The highest BCUT2D eigenvalue weighted by Crippen LogP contribution is 2.36. The smallest absolute Gasteiger partial charge is 0.217 e. The maximum Gasteiger partial charge on any atom is 0.217 e. The van der Waals surface area contributed by atoms with Gasteiger partial charge in [-0.25, -0.2) is 0 Å². The van der Waals surface area contributed by atoms with Gasteiger partial charge in [0, 0.05) is 12.8 Å². The molecule has 0 aromatic rings. The van der Waals surface area contributed by atoms with Gasteiger partial charge < -0.3 is 65.5 Å². The molecular weight excluding hydrogens is 498 g/mol. The van der Waals surface area contributed by atoms with Crippen molar-refractivity contribution in [2.75, 3.05) is 13.2 Å². The second kappa shape index (κ2) is 13.9. The maximum atomic E-state index is 11.9. The maximum absolute atomic E-state index is 11.9. The van der Waals surface area contributed by atoms with Crippen LogP contribution in [0.15, 0.2) is 0 Å². The van der Waals surface area contributed by atoms with E-state index in [9.17, 15) is 50.8 Å². The molecule has 37 heavy (non-hydrogen) atoms. The summed E-state index contributed by atoms with van der Waals surface area (Å²) in [6.07, 6.45) is -17.0. The van der Waals surface area contributed by atoms with Crippen molar-refractivity contribution in [1.29, 1.82) is 0 Å². The van der Waals surface area contributed by atoms with Crippen LogP contribution in [-0.2, 0) is 19.0 Å². The number of nitrogens with one attached hydrogen (secondary N) is 1. The standard InChI is InChI=1S/C23H43NO13/c1-8(2)16(28)20(32)17(29)9(3)35-22-11(13(6-25)37-23(34)15(22)24-10(4)27)5-12-18(30)21(33)19(31)14(7-26)36-12/h8-9,11-23,25-26,28-34H,5-7H2,1-4H3,(H,24,27). The van der Waals surface area contributed by atoms with Crippen LogP contribution in [0.4, 0.5) is 0 Å². The number of hydrogen-bond acceptors (Lipinski definition) is 13. The quantitative estimate of drug-likeness (QED) is 0.119. The lowest BCUT2D eigenvalue weighted by atomic mass is 9.80. The van der Waals surface area contributed by atoms with Crippen LogP contribution < -0.4 is 5.32 Å². The van der Waals surface area contributed by atoms with E-state index in [2.05, 4.69) is 5.32 Å². The average Bonchev–Trinajstić information content (AvgIpc) is 2.85. The van der Waals surface area contributed by atoms with Gasteiger partial charge in [-0.15, -0.1) is 0 Å². The summed E-state index contributed by atoms with van der Waals surface area (Å²) in [5, 5.41) is 94.6. The fourth-order valence-electron chi connectivity index (χ4n) is 4.89. The molecule has 14 atom stereocenters. The number of carbonyl (C=O) groups is 1. The van der Waals surface area contributed by atoms with Crippen molar-refractivity contribution in [3.05, 3.63) is 0 Å². The molecule has 0 bridgehead atoms. The Hall–Kier alpha value is -1.01. The van der Waals surface area contributed by atoms with Crippen LogP contribution in [0.2, 0.25) is 0 Å². The average molecular weight is 542 g/mol. The summed E-state index contributed by atoms with van der Waals surface area (Å²) in [6.45, 7) is 4.62. The molecular formula is C23H43NO13. The fourth-order valence-corrected chi connectivity index (χ4v) is 4.89. The van der Waals surface area contributed by atoms with E-state index in [1.54, 1.807) is 13.8 Å². The van der Waals surface area contributed by atoms with Crippen LogP contribution in [0.5, 0.6) is 0 Å². The Morgan fingerprint density at radius 1 is 0.838 bits per heavy atom. The van der Waals surface area contributed by atoms with Crippen molar-refractivity contribution in [3.63, 3.8) is 0 Å². The monoisotopic (exact) mass is 541 g/mol. The van der Waals surface area contributed by atoms with Gasteiger partial charge in [0.1, 0.15) is 42.7 Å². The number of amides is 1. The number of aliphatic hydroxyl groups excluding tert-OH is 9. The van der Waals surface area contributed by atoms with E-state index in [0.29, 0.717) is 0 Å². The van der Waals surface area contributed by atoms with E-state index in [4.69, 9.17) is 14.2 Å². The Kier molecular flexibility index (Phi) is 12.1. The topological polar surface area (TPSA) is 239 Å². The summed E-state index contributed by atoms with van der Waals surface area (Å²) in [5.41, 5.74) is 0. The SMILES string of the molecule is CC(=O)NC1C(O)OC(CO)C(CC2OC(CO)C(O)C(O)C2O)C1OC(C)C(O)C(O)C(O)C(C)C. The molecule has 0 aliphatic carbocycles. The zero-order chi connectivity index (χ0) is 28.2. The number of carbonyl (C=O) groups excluding carboxylic acids is 1. The molecule has 2 heterocycles. The van der Waals surface area contributed by atoms with Crippen molar-refractivity contribution in [2.45, 2.75) is 114 Å². The third kappa shape index (κ3) is 7.56. The highest BCUT2D eigenvalue weighted by Gasteiger charge is 2.51. The minimum absolute atomic E-state index is 0.194. The van der Waals surface area contributed by atoms with Gasteiger partial charge in [-0.2, -0.15) is 0 Å². The zero-order valence-corrected chi connectivity index (χ0v) is 21.4. The predicted octanol–water partition coefficient (Wildman–Crippen LogP) is -4.44. The lowest BCUT2D eigenvalue weighted by molar-refractivity contribution is -0.276. The first-order valence-corrected chi connectivity index (χ1v) is 12.5. The van der Waals surface area contributed by atoms with E-state index in [-0.39, 0.29) is 12.3 Å². The first-order chi connectivity index (χ1) is 17.2. The van der Waals surface area contributed by atoms with E-state index in [1.807, 2.05) is 0 Å². The van der Waals surface area contributed by atoms with Crippen molar-refractivity contribution in [3.8, 4) is 0 Å². The molecule has 2 rings (SSSR count). The lowest BCUT2D eigenvalue weighted by Gasteiger charge is -2.48. The summed E-state index contributed by atoms with van der Waals surface area (Å²) in [4.78, 5) is 11.9. The Balaban J connectivity index is 2.37. The van der Waals surface area contributed by atoms with Gasteiger partial charge in [0.15, 0.2) is 6.29 Å². The van der Waals surface area contributed by atoms with E-state index in [1.165, 1.54) is 13.8 Å². The number of aliphatic hydroxyl groups is 9. The molecule has 10 N–H and O–H groups in total. The van der Waals surface area contributed by atoms with Crippen molar-refractivity contribution in [1.82, 2.24) is 5.32 Å². The van der Waals surface area contributed by atoms with Crippen molar-refractivity contribution < 1.29 is 65.0 Å². The number of ether oxygens (including phenoxy) is 3. The highest BCUT2D eigenvalue weighted by molar-refractivity contribution is 5.73. The van der Waals surface area contributed by atoms with Crippen molar-refractivity contribution in [2.24, 2.45) is 11.8 Å². The van der Waals surface area contributed by atoms with Crippen LogP contribution in [-0.4, -0.2) is 145 Å². The molecule has 0 radical (unpaired) electrons. The third-order valence-electron chi connectivity index (χ3n) is 7.16. The molecule has 2 aliphatic rings. The van der Waals surface area contributed by atoms with Crippen molar-refractivity contribution >= 4 is 5.91 Å². The molecule has 0 spiro atoms. The van der Waals surface area contributed by atoms with Crippen LogP contribution in [0, 0.1) is 11.8 Å². The fraction of sp³-hybridized carbons (Fsp3) is 0.957. The molecule has 2 saturated heterocycles. The second-order valence-corrected chi connectivity index (χ2v) is 10.3. The normalized spacial score (nSPS) is 40.2. The minimum Gasteiger partial charge on any atom is -0.394 e. The van der Waals surface area contributed by atoms with Gasteiger partial charge >= 0.3 is 0 Å². The summed E-state index contributed by atoms with van der Waals surface area (Å²) in [7, 11) is 0. The Morgan fingerprint density at radius 2 is 1.41 bits per heavy atom. The van der Waals surface area contributed by atoms with Gasteiger partial charge in [-0.3, -0.25) is 4.79 Å². The molecule has 0 saturated carbocycles. The largest absolute Gasteiger partial charge is 0.394 e. The van der Waals surface area contributed by atoms with Gasteiger partial charge in [-0.1, -0.05) is 13.8 Å². The summed E-state index contributed by atoms with van der Waals surface area (Å²) >= 11 is 0. The predicted molar refractivity (Wildman–Crippen MR) is 125 cm³/mol. The van der Waals surface area contributed by atoms with E-state index < -0.39 is 105 Å². The van der Waals surface area contributed by atoms with Crippen LogP contribution >= 0.6 is 0 Å². The summed E-state index contributed by atoms with van der Waals surface area (Å²) in [5.74, 6) is -1.88. The minimum atomic E-state index is -1.66. The van der Waals surface area contributed by atoms with Gasteiger partial charge in [0.25, 0.3) is 0 Å². The highest BCUT2D eigenvalue weighted by atomic mass is 16.6. The second-order valence-electron chi connectivity index (χ2n) is 10.3. The summed E-state index contributed by atoms with van der Waals surface area (Å²) < 4.78 is 17.1. The lowest BCUT2D eigenvalue weighted by Crippen LogP contribution is -2.65. The molecule has 1 amide bonds. The van der Waals surface area contributed by atoms with Crippen LogP contribution in [0.1, 0.15) is 34.1 Å². The van der Waals surface area contributed by atoms with Gasteiger partial charge in [0.05, 0.1) is 43.7 Å². The Labute approximate surface area is 215 Å². The Morgan fingerprint density at radius 3 is 1.92 bits per heavy atom. The zero-order valence-electron chi connectivity index (χ0n) is 21.4. The summed E-state index contributed by atoms with van der Waals surface area (Å²) in [6, 6.07) is -1.22. The molecule has 14 unspecified atom stereocenters. The molecule has 14 nitrogen and oxygen atoms in total. The molecule has 0 aromatic carbocycles. The number of rotatable bonds is 11. The number of hydrogen-bond donors (Lipinski definition) is 10. The van der Waals surface area contributed by atoms with Gasteiger partial charge in [0.2, 0.25) is 5.91 Å². The molecule has 14 heteroatoms. The van der Waals surface area contributed by atoms with Crippen LogP contribution in [0.3, 0.4) is 0 Å².